The zero-order valence-corrected chi connectivity index (χ0v) is 82.0. The van der Waals surface area contributed by atoms with Crippen molar-refractivity contribution < 1.29 is 8.83 Å². The smallest absolute Gasteiger partial charge is 0.135 e. The summed E-state index contributed by atoms with van der Waals surface area (Å²) in [4.78, 5) is 7.23. The number of anilines is 9. The van der Waals surface area contributed by atoms with Crippen LogP contribution in [-0.4, -0.2) is 4.57 Å². The van der Waals surface area contributed by atoms with Gasteiger partial charge in [-0.2, -0.15) is 0 Å². The molecule has 0 spiro atoms. The van der Waals surface area contributed by atoms with Crippen LogP contribution in [0.15, 0.2) is 591 Å². The first kappa shape index (κ1) is 89.0. The Bertz CT molecular complexity index is 10100. The quantitative estimate of drug-likeness (QED) is 0.0850. The van der Waals surface area contributed by atoms with E-state index in [0.29, 0.717) is 0 Å². The molecule has 26 aromatic carbocycles. The van der Waals surface area contributed by atoms with Crippen molar-refractivity contribution in [3.8, 4) is 83.6 Å². The zero-order valence-electron chi connectivity index (χ0n) is 82.0. The molecule has 0 saturated carbocycles. The second-order valence-electron chi connectivity index (χ2n) is 38.5. The third-order valence-corrected chi connectivity index (χ3v) is 29.7. The molecule has 0 unspecified atom stereocenters. The molecule has 0 saturated heterocycles. The Morgan fingerprint density at radius 3 is 0.813 bits per heavy atom. The molecule has 29 aromatic rings. The predicted octanol–water partition coefficient (Wildman–Crippen LogP) is 41.0. The maximum atomic E-state index is 6.10. The van der Waals surface area contributed by atoms with Crippen LogP contribution >= 0.6 is 0 Å². The van der Waals surface area contributed by atoms with E-state index in [-0.39, 0.29) is 0 Å². The van der Waals surface area contributed by atoms with Gasteiger partial charge in [-0.3, -0.25) is 0 Å². The van der Waals surface area contributed by atoms with Gasteiger partial charge in [-0.05, 0) is 272 Å². The molecule has 0 aliphatic heterocycles. The number of para-hydroxylation sites is 5. The maximum absolute atomic E-state index is 6.10. The Balaban J connectivity index is 0.000000112. The van der Waals surface area contributed by atoms with Gasteiger partial charge in [0.15, 0.2) is 0 Å². The Labute approximate surface area is 869 Å². The fourth-order valence-electron chi connectivity index (χ4n) is 22.4. The minimum absolute atomic E-state index is 0.911. The fraction of sp³-hybridized carbons (Fsp3) is 0. The number of rotatable bonds is 17. The molecule has 0 N–H and O–H groups in total. The molecule has 6 heteroatoms. The average Bonchev–Trinajstić information content (AvgIpc) is 1.69. The van der Waals surface area contributed by atoms with Crippen LogP contribution in [0.25, 0.3) is 214 Å². The molecule has 3 aromatic heterocycles. The van der Waals surface area contributed by atoms with Crippen LogP contribution in [-0.2, 0) is 0 Å². The van der Waals surface area contributed by atoms with Crippen LogP contribution in [0, 0.1) is 0 Å². The van der Waals surface area contributed by atoms with E-state index >= 15 is 0 Å². The number of fused-ring (bicyclic) bond motifs is 18. The lowest BCUT2D eigenvalue weighted by atomic mass is 9.97. The molecule has 0 aliphatic rings. The molecule has 704 valence electrons. The highest BCUT2D eigenvalue weighted by Gasteiger charge is 2.26. The van der Waals surface area contributed by atoms with Gasteiger partial charge in [0.05, 0.1) is 33.8 Å². The van der Waals surface area contributed by atoms with Crippen molar-refractivity contribution in [1.29, 1.82) is 0 Å². The molecule has 0 radical (unpaired) electrons. The Kier molecular flexibility index (Phi) is 22.9. The summed E-state index contributed by atoms with van der Waals surface area (Å²) in [6, 6.07) is 209. The van der Waals surface area contributed by atoms with E-state index < -0.39 is 0 Å². The molecule has 0 bridgehead atoms. The van der Waals surface area contributed by atoms with Crippen molar-refractivity contribution >= 4 is 182 Å². The van der Waals surface area contributed by atoms with Crippen LogP contribution in [0.1, 0.15) is 0 Å². The molecule has 0 fully saturated rings. The summed E-state index contributed by atoms with van der Waals surface area (Å²) >= 11 is 0. The van der Waals surface area contributed by atoms with Gasteiger partial charge in [0.2, 0.25) is 0 Å². The van der Waals surface area contributed by atoms with Crippen molar-refractivity contribution in [3.05, 3.63) is 582 Å². The Morgan fingerprint density at radius 2 is 0.400 bits per heavy atom. The number of benzene rings is 26. The monoisotopic (exact) mass is 1910 g/mol. The summed E-state index contributed by atoms with van der Waals surface area (Å²) < 4.78 is 14.6. The maximum Gasteiger partial charge on any atom is 0.135 e. The van der Waals surface area contributed by atoms with Gasteiger partial charge in [0.1, 0.15) is 22.3 Å². The number of aromatic nitrogens is 1. The lowest BCUT2D eigenvalue weighted by molar-refractivity contribution is 0.668. The van der Waals surface area contributed by atoms with Gasteiger partial charge in [0.25, 0.3) is 0 Å². The summed E-state index contributed by atoms with van der Waals surface area (Å²) in [5.41, 5.74) is 34.0. The van der Waals surface area contributed by atoms with Gasteiger partial charge in [-0.1, -0.05) is 431 Å². The van der Waals surface area contributed by atoms with Crippen molar-refractivity contribution in [2.45, 2.75) is 0 Å². The molecule has 0 aliphatic carbocycles. The molecule has 0 atom stereocenters. The van der Waals surface area contributed by atoms with Crippen molar-refractivity contribution in [2.24, 2.45) is 0 Å². The predicted molar refractivity (Wildman–Crippen MR) is 635 cm³/mol. The van der Waals surface area contributed by atoms with Gasteiger partial charge in [0, 0.05) is 88.2 Å². The highest BCUT2D eigenvalue weighted by molar-refractivity contribution is 6.20. The molecular weight excluding hydrogens is 1820 g/mol. The van der Waals surface area contributed by atoms with Gasteiger partial charge in [-0.25, -0.2) is 0 Å². The molecule has 6 nitrogen and oxygen atoms in total. The number of hydrogen-bond donors (Lipinski definition) is 0. The van der Waals surface area contributed by atoms with E-state index in [9.17, 15) is 0 Å². The normalized spacial score (nSPS) is 11.5. The van der Waals surface area contributed by atoms with E-state index in [2.05, 4.69) is 577 Å². The number of nitrogens with zero attached hydrogens (tertiary/aromatic N) is 4. The summed E-state index contributed by atoms with van der Waals surface area (Å²) in [5.74, 6) is 0. The highest BCUT2D eigenvalue weighted by atomic mass is 16.3. The minimum atomic E-state index is 0.911. The van der Waals surface area contributed by atoms with Crippen LogP contribution in [0.2, 0.25) is 0 Å². The first-order valence-electron chi connectivity index (χ1n) is 51.3. The van der Waals surface area contributed by atoms with E-state index in [1.54, 1.807) is 0 Å². The minimum Gasteiger partial charge on any atom is -0.456 e. The van der Waals surface area contributed by atoms with Gasteiger partial charge in [-0.15, -0.1) is 0 Å². The van der Waals surface area contributed by atoms with Crippen LogP contribution in [0.3, 0.4) is 0 Å². The van der Waals surface area contributed by atoms with Crippen LogP contribution in [0.4, 0.5) is 51.2 Å². The lowest BCUT2D eigenvalue weighted by Gasteiger charge is -2.29. The molecule has 3 heterocycles. The third-order valence-electron chi connectivity index (χ3n) is 29.7. The van der Waals surface area contributed by atoms with Crippen LogP contribution < -0.4 is 14.7 Å². The summed E-state index contributed by atoms with van der Waals surface area (Å²) in [6.07, 6.45) is 0. The standard InChI is InChI=1S/C56H38N2.2C44H29NO/c1-3-12-39(13-4-1)40-22-24-41(25-23-40)42-28-33-48(34-29-42)57(55-21-11-15-45-27-26-44-14-7-8-18-50(44)56(45)55)49-35-30-43(31-36-49)46-32-37-54-52(38-46)51-19-9-10-20-53(51)58(54)47-16-5-2-6-17-47;1-2-11-31(12-3-1)36-15-6-8-18-40(36)45(41-19-10-14-33-22-21-32-13-4-5-16-37(32)44(33)41)35-26-23-30(24-27-35)34-25-28-43-39(29-34)38-17-7-9-20-42(38)46-43;1-2-9-30(10-3-1)31-19-24-36(25-20-31)45(41-15-8-12-34-18-17-33-11-4-5-13-38(33)44(34)41)37-26-21-32(22-27-37)35-23-28-43-40(29-35)39-14-6-7-16-42(39)46-43/h1-38H;2*1-29H. The summed E-state index contributed by atoms with van der Waals surface area (Å²) in [5, 5.41) is 21.9. The van der Waals surface area contributed by atoms with E-state index in [1.165, 1.54) is 159 Å². The summed E-state index contributed by atoms with van der Waals surface area (Å²) in [7, 11) is 0. The molecule has 29 rings (SSSR count). The summed E-state index contributed by atoms with van der Waals surface area (Å²) in [6.45, 7) is 0. The van der Waals surface area contributed by atoms with Crippen molar-refractivity contribution in [3.63, 3.8) is 0 Å². The fourth-order valence-corrected chi connectivity index (χ4v) is 22.4. The topological polar surface area (TPSA) is 40.9 Å². The van der Waals surface area contributed by atoms with Crippen LogP contribution in [0.5, 0.6) is 0 Å². The first-order valence-corrected chi connectivity index (χ1v) is 51.3. The second kappa shape index (κ2) is 38.6. The molecule has 150 heavy (non-hydrogen) atoms. The highest BCUT2D eigenvalue weighted by Crippen LogP contribution is 2.51. The SMILES string of the molecule is c1ccc(-c2ccc(-c3ccc(N(c4ccc(-c5ccc6c(c5)c5ccccc5n6-c5ccccc5)cc4)c4cccc5ccc6ccccc6c45)cc3)cc2)cc1.c1ccc(-c2ccc(N(c3ccc(-c4ccc5oc6ccccc6c5c4)cc3)c3cccc4ccc5ccccc5c34)cc2)cc1.c1ccc(-c2ccccc2N(c2ccc(-c3ccc4oc5ccccc5c4c3)cc2)c2cccc3ccc4ccccc4c23)cc1. The largest absolute Gasteiger partial charge is 0.456 e. The van der Waals surface area contributed by atoms with Crippen molar-refractivity contribution in [1.82, 2.24) is 4.57 Å². The second-order valence-corrected chi connectivity index (χ2v) is 38.5. The first-order chi connectivity index (χ1) is 74.4. The lowest BCUT2D eigenvalue weighted by Crippen LogP contribution is -2.12. The average molecular weight is 1910 g/mol. The van der Waals surface area contributed by atoms with E-state index in [0.717, 1.165) is 106 Å². The third kappa shape index (κ3) is 16.6. The van der Waals surface area contributed by atoms with E-state index in [4.69, 9.17) is 8.83 Å². The van der Waals surface area contributed by atoms with Gasteiger partial charge >= 0.3 is 0 Å². The van der Waals surface area contributed by atoms with Crippen molar-refractivity contribution in [2.75, 3.05) is 14.7 Å². The molecular formula is C144H96N4O2. The number of hydrogen-bond acceptors (Lipinski definition) is 5. The van der Waals surface area contributed by atoms with Gasteiger partial charge < -0.3 is 28.1 Å². The molecule has 0 amide bonds. The van der Waals surface area contributed by atoms with E-state index in [1.807, 2.05) is 24.3 Å². The number of furan rings is 2. The zero-order chi connectivity index (χ0) is 99.3. The Morgan fingerprint density at radius 1 is 0.140 bits per heavy atom. The Hall–Kier alpha value is -19.9.